The third kappa shape index (κ3) is 4.26. The summed E-state index contributed by atoms with van der Waals surface area (Å²) in [5, 5.41) is 0. The zero-order valence-electron chi connectivity index (χ0n) is 14.4. The van der Waals surface area contributed by atoms with E-state index in [0.717, 1.165) is 23.9 Å². The van der Waals surface area contributed by atoms with Crippen LogP contribution in [0.3, 0.4) is 0 Å². The zero-order valence-corrected chi connectivity index (χ0v) is 16.0. The van der Waals surface area contributed by atoms with Crippen LogP contribution < -0.4 is 4.74 Å². The van der Waals surface area contributed by atoms with Gasteiger partial charge in [-0.15, -0.1) is 0 Å². The van der Waals surface area contributed by atoms with Crippen LogP contribution >= 0.6 is 11.8 Å². The van der Waals surface area contributed by atoms with Gasteiger partial charge in [0.25, 0.3) is 0 Å². The van der Waals surface area contributed by atoms with Gasteiger partial charge in [-0.3, -0.25) is 0 Å². The molecule has 132 valence electrons. The van der Waals surface area contributed by atoms with E-state index < -0.39 is 0 Å². The molecule has 0 aromatic heterocycles. The Morgan fingerprint density at radius 2 is 1.35 bits per heavy atom. The molecule has 0 spiro atoms. The Hall–Kier alpha value is -1.88. The topological polar surface area (TPSA) is 18.5 Å². The summed E-state index contributed by atoms with van der Waals surface area (Å²) in [6.45, 7) is 0.763. The molecule has 1 unspecified atom stereocenters. The van der Waals surface area contributed by atoms with Crippen LogP contribution in [-0.4, -0.2) is 24.4 Å². The number of rotatable bonds is 5. The SMILES string of the molecule is c1ccc([S+](c2ccccc2)c2ccc(OC3CSCCO3)cc2)cc1. The van der Waals surface area contributed by atoms with Crippen molar-refractivity contribution < 1.29 is 9.47 Å². The molecule has 0 amide bonds. The van der Waals surface area contributed by atoms with Crippen LogP contribution in [0.2, 0.25) is 0 Å². The number of hydrogen-bond acceptors (Lipinski definition) is 3. The van der Waals surface area contributed by atoms with Gasteiger partial charge in [-0.2, -0.15) is 11.8 Å². The molecule has 0 radical (unpaired) electrons. The summed E-state index contributed by atoms with van der Waals surface area (Å²) in [5.74, 6) is 2.81. The maximum Gasteiger partial charge on any atom is 0.208 e. The Bertz CT molecular complexity index is 761. The minimum atomic E-state index is -0.138. The van der Waals surface area contributed by atoms with Gasteiger partial charge in [0.2, 0.25) is 6.29 Å². The van der Waals surface area contributed by atoms with Gasteiger partial charge in [-0.05, 0) is 48.5 Å². The molecular formula is C22H21O2S2+. The molecular weight excluding hydrogens is 360 g/mol. The van der Waals surface area contributed by atoms with Gasteiger partial charge in [0, 0.05) is 5.75 Å². The minimum Gasteiger partial charge on any atom is -0.464 e. The van der Waals surface area contributed by atoms with Gasteiger partial charge in [-0.25, -0.2) is 0 Å². The number of thioether (sulfide) groups is 1. The molecule has 1 fully saturated rings. The molecule has 26 heavy (non-hydrogen) atoms. The van der Waals surface area contributed by atoms with Crippen molar-refractivity contribution in [2.75, 3.05) is 18.1 Å². The van der Waals surface area contributed by atoms with Crippen molar-refractivity contribution in [3.8, 4) is 5.75 Å². The Labute approximate surface area is 161 Å². The molecule has 0 N–H and O–H groups in total. The van der Waals surface area contributed by atoms with Crippen molar-refractivity contribution in [1.29, 1.82) is 0 Å². The van der Waals surface area contributed by atoms with Crippen molar-refractivity contribution in [3.05, 3.63) is 84.9 Å². The van der Waals surface area contributed by atoms with E-state index >= 15 is 0 Å². The highest BCUT2D eigenvalue weighted by Gasteiger charge is 2.28. The Morgan fingerprint density at radius 3 is 1.88 bits per heavy atom. The van der Waals surface area contributed by atoms with E-state index in [2.05, 4.69) is 84.9 Å². The van der Waals surface area contributed by atoms with Crippen molar-refractivity contribution in [1.82, 2.24) is 0 Å². The molecule has 1 atom stereocenters. The van der Waals surface area contributed by atoms with Crippen molar-refractivity contribution in [3.63, 3.8) is 0 Å². The van der Waals surface area contributed by atoms with Crippen molar-refractivity contribution >= 4 is 22.7 Å². The van der Waals surface area contributed by atoms with E-state index in [-0.39, 0.29) is 17.2 Å². The highest BCUT2D eigenvalue weighted by Crippen LogP contribution is 2.32. The van der Waals surface area contributed by atoms with Crippen LogP contribution in [0.1, 0.15) is 0 Å². The molecule has 4 heteroatoms. The molecule has 0 saturated carbocycles. The molecule has 0 aliphatic carbocycles. The van der Waals surface area contributed by atoms with E-state index in [9.17, 15) is 0 Å². The Morgan fingerprint density at radius 1 is 0.769 bits per heavy atom. The smallest absolute Gasteiger partial charge is 0.208 e. The predicted molar refractivity (Wildman–Crippen MR) is 109 cm³/mol. The first kappa shape index (κ1) is 17.5. The van der Waals surface area contributed by atoms with E-state index in [1.165, 1.54) is 14.7 Å². The highest BCUT2D eigenvalue weighted by atomic mass is 32.2. The van der Waals surface area contributed by atoms with Crippen LogP contribution in [0.5, 0.6) is 5.75 Å². The quantitative estimate of drug-likeness (QED) is 0.562. The average Bonchev–Trinajstić information content (AvgIpc) is 2.72. The fourth-order valence-electron chi connectivity index (χ4n) is 2.86. The second-order valence-corrected chi connectivity index (χ2v) is 9.07. The predicted octanol–water partition coefficient (Wildman–Crippen LogP) is 5.25. The first-order valence-corrected chi connectivity index (χ1v) is 11.1. The van der Waals surface area contributed by atoms with Gasteiger partial charge in [0.15, 0.2) is 14.7 Å². The molecule has 3 aromatic carbocycles. The summed E-state index contributed by atoms with van der Waals surface area (Å²) in [5.41, 5.74) is 0. The summed E-state index contributed by atoms with van der Waals surface area (Å²) in [7, 11) is -0.121. The fraction of sp³-hybridized carbons (Fsp3) is 0.182. The van der Waals surface area contributed by atoms with Crippen LogP contribution in [0.4, 0.5) is 0 Å². The number of benzene rings is 3. The lowest BCUT2D eigenvalue weighted by molar-refractivity contribution is -0.0611. The second-order valence-electron chi connectivity index (χ2n) is 5.90. The minimum absolute atomic E-state index is 0.121. The van der Waals surface area contributed by atoms with Crippen molar-refractivity contribution in [2.24, 2.45) is 0 Å². The van der Waals surface area contributed by atoms with Crippen LogP contribution in [0, 0.1) is 0 Å². The lowest BCUT2D eigenvalue weighted by Crippen LogP contribution is -2.28. The maximum absolute atomic E-state index is 5.96. The van der Waals surface area contributed by atoms with Crippen LogP contribution in [0.25, 0.3) is 0 Å². The molecule has 1 aliphatic rings. The van der Waals surface area contributed by atoms with E-state index in [1.54, 1.807) is 0 Å². The lowest BCUT2D eigenvalue weighted by atomic mass is 10.3. The fourth-order valence-corrected chi connectivity index (χ4v) is 5.68. The molecule has 4 rings (SSSR count). The van der Waals surface area contributed by atoms with E-state index in [1.807, 2.05) is 11.8 Å². The lowest BCUT2D eigenvalue weighted by Gasteiger charge is -2.23. The van der Waals surface area contributed by atoms with Gasteiger partial charge in [0.05, 0.1) is 23.3 Å². The highest BCUT2D eigenvalue weighted by molar-refractivity contribution is 7.99. The monoisotopic (exact) mass is 381 g/mol. The molecule has 1 heterocycles. The van der Waals surface area contributed by atoms with Gasteiger partial charge >= 0.3 is 0 Å². The summed E-state index contributed by atoms with van der Waals surface area (Å²) in [6, 6.07) is 29.8. The normalized spacial score (nSPS) is 17.2. The van der Waals surface area contributed by atoms with Gasteiger partial charge in [0.1, 0.15) is 5.75 Å². The van der Waals surface area contributed by atoms with E-state index in [0.29, 0.717) is 0 Å². The van der Waals surface area contributed by atoms with E-state index in [4.69, 9.17) is 9.47 Å². The zero-order chi connectivity index (χ0) is 17.6. The summed E-state index contributed by atoms with van der Waals surface area (Å²) >= 11 is 1.88. The Kier molecular flexibility index (Phi) is 5.85. The number of hydrogen-bond donors (Lipinski definition) is 0. The summed E-state index contributed by atoms with van der Waals surface area (Å²) < 4.78 is 11.6. The largest absolute Gasteiger partial charge is 0.464 e. The van der Waals surface area contributed by atoms with Crippen LogP contribution in [-0.2, 0) is 15.6 Å². The standard InChI is InChI=1S/C22H21O2S2/c1-3-7-19(8-4-1)26(20-9-5-2-6-10-20)21-13-11-18(12-14-21)24-22-17-25-16-15-23-22/h1-14,22H,15-17H2/q+1. The maximum atomic E-state index is 5.96. The van der Waals surface area contributed by atoms with Gasteiger partial charge in [-0.1, -0.05) is 36.4 Å². The average molecular weight is 382 g/mol. The molecule has 3 aromatic rings. The van der Waals surface area contributed by atoms with Crippen molar-refractivity contribution in [2.45, 2.75) is 21.0 Å². The molecule has 1 aliphatic heterocycles. The summed E-state index contributed by atoms with van der Waals surface area (Å²) in [6.07, 6.45) is -0.138. The molecule has 1 saturated heterocycles. The first-order valence-electron chi connectivity index (χ1n) is 8.70. The third-order valence-electron chi connectivity index (χ3n) is 4.07. The number of ether oxygens (including phenoxy) is 2. The summed E-state index contributed by atoms with van der Waals surface area (Å²) in [4.78, 5) is 3.92. The first-order chi connectivity index (χ1) is 12.9. The van der Waals surface area contributed by atoms with Gasteiger partial charge < -0.3 is 9.47 Å². The third-order valence-corrected chi connectivity index (χ3v) is 7.26. The Balaban J connectivity index is 1.59. The molecule has 0 bridgehead atoms. The second kappa shape index (κ2) is 8.67. The van der Waals surface area contributed by atoms with Crippen LogP contribution in [0.15, 0.2) is 99.6 Å². The molecule has 2 nitrogen and oxygen atoms in total.